The molecule has 1 fully saturated rings. The summed E-state index contributed by atoms with van der Waals surface area (Å²) in [5.74, 6) is -3.01. The predicted molar refractivity (Wildman–Crippen MR) is 183 cm³/mol. The lowest BCUT2D eigenvalue weighted by atomic mass is 9.81. The maximum atomic E-state index is 14.2. The monoisotopic (exact) mass is 669 g/mol. The van der Waals surface area contributed by atoms with E-state index in [4.69, 9.17) is 4.74 Å². The summed E-state index contributed by atoms with van der Waals surface area (Å²) in [6, 6.07) is 21.6. The molecule has 0 saturated carbocycles. The van der Waals surface area contributed by atoms with Gasteiger partial charge in [0.05, 0.1) is 28.8 Å². The van der Waals surface area contributed by atoms with Crippen molar-refractivity contribution in [2.45, 2.75) is 62.8 Å². The molecule has 2 aliphatic heterocycles. The van der Waals surface area contributed by atoms with Crippen molar-refractivity contribution in [1.29, 1.82) is 0 Å². The van der Waals surface area contributed by atoms with Gasteiger partial charge in [0.1, 0.15) is 11.8 Å². The summed E-state index contributed by atoms with van der Waals surface area (Å²) in [6.07, 6.45) is 0. The van der Waals surface area contributed by atoms with E-state index in [0.717, 1.165) is 39.8 Å². The number of imide groups is 1. The van der Waals surface area contributed by atoms with Crippen molar-refractivity contribution in [3.05, 3.63) is 110 Å². The third-order valence-electron chi connectivity index (χ3n) is 8.46. The Hall–Kier alpha value is -4.48. The van der Waals surface area contributed by atoms with Crippen LogP contribution in [-0.2, 0) is 31.1 Å². The van der Waals surface area contributed by atoms with E-state index in [1.807, 2.05) is 43.3 Å². The number of carbonyl (C=O) groups is 4. The minimum Gasteiger partial charge on any atom is -0.462 e. The molecule has 242 valence electrons. The third-order valence-corrected chi connectivity index (χ3v) is 11.1. The van der Waals surface area contributed by atoms with Gasteiger partial charge >= 0.3 is 10.8 Å². The molecule has 1 N–H and O–H groups in total. The molecule has 47 heavy (non-hydrogen) atoms. The van der Waals surface area contributed by atoms with Crippen molar-refractivity contribution in [3.8, 4) is 0 Å². The normalized spacial score (nSPS) is 18.9. The number of hydrogen-bond acceptors (Lipinski definition) is 8. The number of benzene rings is 3. The van der Waals surface area contributed by atoms with Crippen LogP contribution in [0.1, 0.15) is 65.5 Å². The Kier molecular flexibility index (Phi) is 8.71. The maximum Gasteiger partial charge on any atom is 0.338 e. The molecule has 3 heterocycles. The molecule has 3 atom stereocenters. The Morgan fingerprint density at radius 2 is 1.55 bits per heavy atom. The van der Waals surface area contributed by atoms with Crippen molar-refractivity contribution < 1.29 is 23.9 Å². The van der Waals surface area contributed by atoms with Crippen LogP contribution >= 0.6 is 23.1 Å². The van der Waals surface area contributed by atoms with Crippen LogP contribution in [0.3, 0.4) is 0 Å². The van der Waals surface area contributed by atoms with Crippen molar-refractivity contribution >= 4 is 58.2 Å². The Bertz CT molecular complexity index is 1920. The van der Waals surface area contributed by atoms with Gasteiger partial charge in [-0.15, -0.1) is 0 Å². The van der Waals surface area contributed by atoms with Gasteiger partial charge in [-0.2, -0.15) is 0 Å². The number of nitrogens with one attached hydrogen (secondary N) is 1. The molecule has 3 amide bonds. The van der Waals surface area contributed by atoms with Crippen LogP contribution < -0.4 is 15.1 Å². The number of esters is 1. The first-order chi connectivity index (χ1) is 22.4. The second kappa shape index (κ2) is 12.6. The van der Waals surface area contributed by atoms with Gasteiger partial charge in [-0.05, 0) is 66.8 Å². The average molecular weight is 670 g/mol. The SMILES string of the molecule is CCOC(=O)c1ccc(N2C(=O)[C@@H]3[C@H](c4ccc(C(C)(C)C)cc4)c4sc(=O)n(CC(=O)Nc5ccc(C)cc5)c4S[C@@H]3C2=O)cc1. The quantitative estimate of drug-likeness (QED) is 0.186. The zero-order valence-corrected chi connectivity index (χ0v) is 28.4. The summed E-state index contributed by atoms with van der Waals surface area (Å²) < 4.78 is 6.49. The smallest absolute Gasteiger partial charge is 0.338 e. The Morgan fingerprint density at radius 3 is 2.17 bits per heavy atom. The lowest BCUT2D eigenvalue weighted by Gasteiger charge is -2.31. The summed E-state index contributed by atoms with van der Waals surface area (Å²) in [5.41, 5.74) is 4.16. The molecule has 0 bridgehead atoms. The zero-order valence-electron chi connectivity index (χ0n) is 26.7. The first-order valence-corrected chi connectivity index (χ1v) is 17.1. The van der Waals surface area contributed by atoms with Gasteiger partial charge in [-0.3, -0.25) is 23.7 Å². The fourth-order valence-electron chi connectivity index (χ4n) is 6.00. The fourth-order valence-corrected chi connectivity index (χ4v) is 8.77. The number of ether oxygens (including phenoxy) is 1. The second-order valence-electron chi connectivity index (χ2n) is 12.7. The summed E-state index contributed by atoms with van der Waals surface area (Å²) in [6.45, 7) is 10.0. The molecule has 1 saturated heterocycles. The highest BCUT2D eigenvalue weighted by Crippen LogP contribution is 2.54. The highest BCUT2D eigenvalue weighted by molar-refractivity contribution is 8.00. The summed E-state index contributed by atoms with van der Waals surface area (Å²) in [4.78, 5) is 68.7. The zero-order chi connectivity index (χ0) is 33.6. The van der Waals surface area contributed by atoms with Gasteiger partial charge in [0.15, 0.2) is 0 Å². The lowest BCUT2D eigenvalue weighted by Crippen LogP contribution is -2.33. The van der Waals surface area contributed by atoms with Crippen LogP contribution in [0.25, 0.3) is 0 Å². The lowest BCUT2D eigenvalue weighted by molar-refractivity contribution is -0.122. The fraction of sp³-hybridized carbons (Fsp3) is 0.306. The van der Waals surface area contributed by atoms with Gasteiger partial charge in [-0.25, -0.2) is 9.69 Å². The van der Waals surface area contributed by atoms with Crippen LogP contribution in [0.4, 0.5) is 11.4 Å². The van der Waals surface area contributed by atoms with Gasteiger partial charge in [0, 0.05) is 16.5 Å². The first kappa shape index (κ1) is 32.5. The van der Waals surface area contributed by atoms with Crippen LogP contribution in [0.15, 0.2) is 82.6 Å². The molecule has 0 spiro atoms. The molecule has 11 heteroatoms. The number of amides is 3. The van der Waals surface area contributed by atoms with Crippen molar-refractivity contribution in [3.63, 3.8) is 0 Å². The van der Waals surface area contributed by atoms with Crippen molar-refractivity contribution in [2.75, 3.05) is 16.8 Å². The number of aromatic nitrogens is 1. The number of thiazole rings is 1. The van der Waals surface area contributed by atoms with Crippen molar-refractivity contribution in [1.82, 2.24) is 4.57 Å². The number of hydrogen-bond donors (Lipinski definition) is 1. The predicted octanol–water partition coefficient (Wildman–Crippen LogP) is 6.13. The summed E-state index contributed by atoms with van der Waals surface area (Å²) in [5, 5.41) is 2.54. The second-order valence-corrected chi connectivity index (χ2v) is 14.9. The minimum absolute atomic E-state index is 0.0980. The highest BCUT2D eigenvalue weighted by atomic mass is 32.2. The summed E-state index contributed by atoms with van der Waals surface area (Å²) in [7, 11) is 0. The number of carbonyl (C=O) groups excluding carboxylic acids is 4. The number of anilines is 2. The largest absolute Gasteiger partial charge is 0.462 e. The van der Waals surface area contributed by atoms with E-state index in [-0.39, 0.29) is 35.3 Å². The highest BCUT2D eigenvalue weighted by Gasteiger charge is 2.56. The van der Waals surface area contributed by atoms with Crippen LogP contribution in [-0.4, -0.2) is 40.1 Å². The molecule has 3 aromatic carbocycles. The Morgan fingerprint density at radius 1 is 0.894 bits per heavy atom. The van der Waals surface area contributed by atoms with E-state index in [1.54, 1.807) is 31.2 Å². The number of rotatable bonds is 7. The van der Waals surface area contributed by atoms with Crippen LogP contribution in [0.5, 0.6) is 0 Å². The standard InChI is InChI=1S/C36H35N3O6S2/c1-6-45-34(43)22-11-17-25(18-12-22)39-31(41)28-27(21-9-13-23(14-10-21)36(3,4)5)30-33(46-29(28)32(39)42)38(35(44)47-30)19-26(40)37-24-15-7-20(2)8-16-24/h7-18,27-29H,6,19H2,1-5H3,(H,37,40)/t27-,28+,29-/m0/s1. The van der Waals surface area contributed by atoms with Crippen molar-refractivity contribution in [2.24, 2.45) is 5.92 Å². The van der Waals surface area contributed by atoms with Crippen LogP contribution in [0, 0.1) is 12.8 Å². The van der Waals surface area contributed by atoms with E-state index >= 15 is 0 Å². The molecule has 9 nitrogen and oxygen atoms in total. The molecule has 1 aromatic heterocycles. The molecule has 2 aliphatic rings. The number of fused-ring (bicyclic) bond motifs is 2. The Balaban J connectivity index is 1.39. The Labute approximate surface area is 280 Å². The van der Waals surface area contributed by atoms with E-state index in [0.29, 0.717) is 26.8 Å². The molecule has 0 unspecified atom stereocenters. The van der Waals surface area contributed by atoms with Gasteiger partial charge < -0.3 is 10.1 Å². The van der Waals surface area contributed by atoms with Gasteiger partial charge in [0.2, 0.25) is 17.7 Å². The van der Waals surface area contributed by atoms with E-state index in [2.05, 4.69) is 26.1 Å². The molecule has 0 radical (unpaired) electrons. The molecule has 0 aliphatic carbocycles. The molecule has 6 rings (SSSR count). The van der Waals surface area contributed by atoms with E-state index in [9.17, 15) is 24.0 Å². The minimum atomic E-state index is -0.826. The van der Waals surface area contributed by atoms with E-state index in [1.165, 1.54) is 21.6 Å². The molecular weight excluding hydrogens is 635 g/mol. The topological polar surface area (TPSA) is 115 Å². The number of thioether (sulfide) groups is 1. The maximum absolute atomic E-state index is 14.2. The summed E-state index contributed by atoms with van der Waals surface area (Å²) >= 11 is 2.18. The van der Waals surface area contributed by atoms with Gasteiger partial charge in [0.25, 0.3) is 0 Å². The number of nitrogens with zero attached hydrogens (tertiary/aromatic N) is 2. The average Bonchev–Trinajstić information content (AvgIpc) is 3.48. The molecular formula is C36H35N3O6S2. The van der Waals surface area contributed by atoms with Gasteiger partial charge in [-0.1, -0.05) is 85.8 Å². The first-order valence-electron chi connectivity index (χ1n) is 15.4. The molecule has 4 aromatic rings. The third kappa shape index (κ3) is 6.17. The van der Waals surface area contributed by atoms with Crippen LogP contribution in [0.2, 0.25) is 0 Å². The van der Waals surface area contributed by atoms with E-state index < -0.39 is 29.0 Å². The number of aryl methyl sites for hydroxylation is 1.